The first-order valence-electron chi connectivity index (χ1n) is 12.1. The summed E-state index contributed by atoms with van der Waals surface area (Å²) in [7, 11) is 3.05. The van der Waals surface area contributed by atoms with Gasteiger partial charge in [0.15, 0.2) is 16.7 Å². The first-order chi connectivity index (χ1) is 19.1. The Morgan fingerprint density at radius 2 is 1.80 bits per heavy atom. The number of carbonyl (C=O) groups excluding carboxylic acids is 2. The molecule has 12 heteroatoms. The molecule has 0 radical (unpaired) electrons. The number of amides is 2. The molecule has 1 N–H and O–H groups in total. The smallest absolute Gasteiger partial charge is 0.416 e. The first-order valence-corrected chi connectivity index (χ1v) is 14.0. The summed E-state index contributed by atoms with van der Waals surface area (Å²) >= 11 is 3.20. The second-order valence-corrected chi connectivity index (χ2v) is 11.1. The van der Waals surface area contributed by atoms with E-state index < -0.39 is 22.9 Å². The van der Waals surface area contributed by atoms with Gasteiger partial charge in [-0.1, -0.05) is 23.9 Å². The number of benzene rings is 3. The summed E-state index contributed by atoms with van der Waals surface area (Å²) in [5.41, 5.74) is 0.601. The van der Waals surface area contributed by atoms with Crippen LogP contribution in [0.1, 0.15) is 17.5 Å². The number of alkyl halides is 3. The van der Waals surface area contributed by atoms with Gasteiger partial charge in [0.1, 0.15) is 5.25 Å². The fourth-order valence-corrected chi connectivity index (χ4v) is 5.44. The van der Waals surface area contributed by atoms with Gasteiger partial charge in [-0.25, -0.2) is 4.99 Å². The van der Waals surface area contributed by atoms with E-state index in [4.69, 9.17) is 9.47 Å². The van der Waals surface area contributed by atoms with E-state index in [1.54, 1.807) is 24.3 Å². The van der Waals surface area contributed by atoms with E-state index in [2.05, 4.69) is 32.9 Å². The summed E-state index contributed by atoms with van der Waals surface area (Å²) in [6, 6.07) is 17.1. The molecule has 0 saturated carbocycles. The second-order valence-electron chi connectivity index (χ2n) is 8.73. The second kappa shape index (κ2) is 12.9. The standard InChI is InChI=1S/C28H25F3IN3O4S/c1-38-22-11-6-17(14-23(22)39-2)12-13-35-25(36)16-24(26(37)33-20-9-7-19(32)8-10-20)40-27(35)34-21-5-3-4-18(15-21)28(29,30)31/h3-11,14-15,24H,12-13,16H2,1-2H3,(H,33,37). The molecule has 1 aliphatic rings. The molecule has 0 aliphatic carbocycles. The molecule has 0 bridgehead atoms. The summed E-state index contributed by atoms with van der Waals surface area (Å²) in [5.74, 6) is 0.345. The molecule has 1 atom stereocenters. The first kappa shape index (κ1) is 29.7. The van der Waals surface area contributed by atoms with Crippen LogP contribution in [0.25, 0.3) is 0 Å². The van der Waals surface area contributed by atoms with Crippen LogP contribution in [0.4, 0.5) is 24.5 Å². The number of aliphatic imine (C=N–C) groups is 1. The van der Waals surface area contributed by atoms with Crippen LogP contribution >= 0.6 is 34.4 Å². The van der Waals surface area contributed by atoms with Gasteiger partial charge in [-0.15, -0.1) is 0 Å². The quantitative estimate of drug-likeness (QED) is 0.274. The molecule has 1 fully saturated rings. The molecule has 4 rings (SSSR count). The van der Waals surface area contributed by atoms with Crippen molar-refractivity contribution in [1.29, 1.82) is 0 Å². The van der Waals surface area contributed by atoms with Crippen molar-refractivity contribution in [2.45, 2.75) is 24.3 Å². The lowest BCUT2D eigenvalue weighted by atomic mass is 10.1. The molecule has 3 aromatic carbocycles. The van der Waals surface area contributed by atoms with E-state index in [1.165, 1.54) is 31.3 Å². The molecule has 1 heterocycles. The predicted octanol–water partition coefficient (Wildman–Crippen LogP) is 6.53. The molecule has 0 aromatic heterocycles. The molecule has 0 spiro atoms. The van der Waals surface area contributed by atoms with Gasteiger partial charge in [0.25, 0.3) is 0 Å². The number of rotatable bonds is 8. The molecule has 210 valence electrons. The Hall–Kier alpha value is -3.26. The lowest BCUT2D eigenvalue weighted by molar-refractivity contribution is -0.137. The van der Waals surface area contributed by atoms with Gasteiger partial charge >= 0.3 is 6.18 Å². The van der Waals surface area contributed by atoms with E-state index >= 15 is 0 Å². The lowest BCUT2D eigenvalue weighted by Gasteiger charge is -2.32. The van der Waals surface area contributed by atoms with Gasteiger partial charge in [0.2, 0.25) is 11.8 Å². The molecule has 3 aromatic rings. The van der Waals surface area contributed by atoms with Crippen LogP contribution < -0.4 is 14.8 Å². The lowest BCUT2D eigenvalue weighted by Crippen LogP contribution is -2.46. The number of hydrogen-bond donors (Lipinski definition) is 1. The highest BCUT2D eigenvalue weighted by Crippen LogP contribution is 2.34. The minimum atomic E-state index is -4.55. The van der Waals surface area contributed by atoms with Gasteiger partial charge in [0.05, 0.1) is 25.5 Å². The van der Waals surface area contributed by atoms with Crippen LogP contribution in [-0.2, 0) is 22.2 Å². The van der Waals surface area contributed by atoms with E-state index in [9.17, 15) is 22.8 Å². The Labute approximate surface area is 247 Å². The number of amidine groups is 1. The molecule has 2 amide bonds. The minimum Gasteiger partial charge on any atom is -0.493 e. The van der Waals surface area contributed by atoms with Gasteiger partial charge < -0.3 is 14.8 Å². The van der Waals surface area contributed by atoms with Gasteiger partial charge in [-0.3, -0.25) is 14.5 Å². The Kier molecular flexibility index (Phi) is 9.61. The van der Waals surface area contributed by atoms with Gasteiger partial charge in [-0.2, -0.15) is 13.2 Å². The average Bonchev–Trinajstić information content (AvgIpc) is 2.93. The summed E-state index contributed by atoms with van der Waals surface area (Å²) < 4.78 is 51.6. The number of nitrogens with zero attached hydrogens (tertiary/aromatic N) is 2. The van der Waals surface area contributed by atoms with Crippen LogP contribution in [0.3, 0.4) is 0 Å². The summed E-state index contributed by atoms with van der Waals surface area (Å²) in [5, 5.41) is 2.15. The normalized spacial score (nSPS) is 16.6. The van der Waals surface area contributed by atoms with Crippen LogP contribution in [0.2, 0.25) is 0 Å². The van der Waals surface area contributed by atoms with Gasteiger partial charge in [-0.05, 0) is 89.2 Å². The van der Waals surface area contributed by atoms with E-state index in [-0.39, 0.29) is 29.7 Å². The number of methoxy groups -OCH3 is 2. The zero-order valence-corrected chi connectivity index (χ0v) is 24.5. The third kappa shape index (κ3) is 7.47. The zero-order valence-electron chi connectivity index (χ0n) is 21.5. The highest BCUT2D eigenvalue weighted by Gasteiger charge is 2.36. The fraction of sp³-hybridized carbons (Fsp3) is 0.250. The van der Waals surface area contributed by atoms with E-state index in [1.807, 2.05) is 18.2 Å². The van der Waals surface area contributed by atoms with Crippen LogP contribution in [0, 0.1) is 3.57 Å². The van der Waals surface area contributed by atoms with E-state index in [0.29, 0.717) is 23.6 Å². The molecule has 1 saturated heterocycles. The van der Waals surface area contributed by atoms with Crippen molar-refractivity contribution in [3.05, 3.63) is 81.4 Å². The van der Waals surface area contributed by atoms with Crippen molar-refractivity contribution in [3.8, 4) is 11.5 Å². The van der Waals surface area contributed by atoms with Crippen LogP contribution in [0.15, 0.2) is 71.7 Å². The maximum atomic E-state index is 13.3. The summed E-state index contributed by atoms with van der Waals surface area (Å²) in [4.78, 5) is 32.2. The molecule has 1 aliphatic heterocycles. The summed E-state index contributed by atoms with van der Waals surface area (Å²) in [6.45, 7) is 0.199. The highest BCUT2D eigenvalue weighted by atomic mass is 127. The van der Waals surface area contributed by atoms with E-state index in [0.717, 1.165) is 33.0 Å². The van der Waals surface area contributed by atoms with Crippen molar-refractivity contribution in [3.63, 3.8) is 0 Å². The number of nitrogens with one attached hydrogen (secondary N) is 1. The molecule has 7 nitrogen and oxygen atoms in total. The third-order valence-electron chi connectivity index (χ3n) is 6.01. The molecular weight excluding hydrogens is 658 g/mol. The molecule has 1 unspecified atom stereocenters. The SMILES string of the molecule is COc1ccc(CCN2C(=O)CC(C(=O)Nc3ccc(I)cc3)SC2=Nc2cccc(C(F)(F)F)c2)cc1OC. The van der Waals surface area contributed by atoms with Crippen molar-refractivity contribution in [1.82, 2.24) is 4.90 Å². The van der Waals surface area contributed by atoms with Crippen molar-refractivity contribution in [2.24, 2.45) is 4.99 Å². The fourth-order valence-electron chi connectivity index (χ4n) is 3.96. The Morgan fingerprint density at radius 1 is 1.07 bits per heavy atom. The zero-order chi connectivity index (χ0) is 28.9. The van der Waals surface area contributed by atoms with Crippen molar-refractivity contribution >= 4 is 62.7 Å². The molecule has 40 heavy (non-hydrogen) atoms. The topological polar surface area (TPSA) is 80.2 Å². The Morgan fingerprint density at radius 3 is 2.48 bits per heavy atom. The third-order valence-corrected chi connectivity index (χ3v) is 7.92. The highest BCUT2D eigenvalue weighted by molar-refractivity contribution is 14.1. The number of hydrogen-bond acceptors (Lipinski definition) is 6. The van der Waals surface area contributed by atoms with Crippen molar-refractivity contribution < 1.29 is 32.2 Å². The van der Waals surface area contributed by atoms with Crippen LogP contribution in [0.5, 0.6) is 11.5 Å². The average molecular weight is 683 g/mol. The number of ether oxygens (including phenoxy) is 2. The Balaban J connectivity index is 1.60. The number of halogens is 4. The monoisotopic (exact) mass is 683 g/mol. The number of anilines is 1. The maximum Gasteiger partial charge on any atom is 0.416 e. The van der Waals surface area contributed by atoms with Crippen LogP contribution in [-0.4, -0.2) is 47.9 Å². The summed E-state index contributed by atoms with van der Waals surface area (Å²) in [6.07, 6.45) is -4.23. The predicted molar refractivity (Wildman–Crippen MR) is 157 cm³/mol. The Bertz CT molecular complexity index is 1420. The minimum absolute atomic E-state index is 0.0277. The van der Waals surface area contributed by atoms with Gasteiger partial charge in [0, 0.05) is 22.2 Å². The molecular formula is C28H25F3IN3O4S. The maximum absolute atomic E-state index is 13.3. The van der Waals surface area contributed by atoms with Crippen molar-refractivity contribution in [2.75, 3.05) is 26.1 Å². The largest absolute Gasteiger partial charge is 0.493 e. The number of carbonyl (C=O) groups is 2. The number of thioether (sulfide) groups is 1.